The number of hydrogen-bond donors (Lipinski definition) is 0. The first-order valence-electron chi connectivity index (χ1n) is 13.7. The second-order valence-corrected chi connectivity index (χ2v) is 11.0. The van der Waals surface area contributed by atoms with E-state index < -0.39 is 0 Å². The summed E-state index contributed by atoms with van der Waals surface area (Å²) in [6.07, 6.45) is 3.70. The largest absolute Gasteiger partial charge is 0.379 e. The molecular weight excluding hydrogens is 548 g/mol. The Morgan fingerprint density at radius 3 is 1.50 bits per heavy atom. The number of amides is 2. The molecule has 5 rings (SSSR count). The van der Waals surface area contributed by atoms with Crippen molar-refractivity contribution >= 4 is 58.6 Å². The SMILES string of the molecule is CN1C(=S)N(CCN2CCOCC2)C(=O)/C1=C\c1cccc(/C=C2\C(=O)N(CCN3CCOCC3)C(=S)N2C)c1. The summed E-state index contributed by atoms with van der Waals surface area (Å²) >= 11 is 11.2. The zero-order valence-corrected chi connectivity index (χ0v) is 24.7. The molecule has 0 N–H and O–H groups in total. The number of nitrogens with zero attached hydrogens (tertiary/aromatic N) is 6. The van der Waals surface area contributed by atoms with Crippen molar-refractivity contribution in [2.45, 2.75) is 0 Å². The molecule has 0 saturated carbocycles. The fraction of sp³-hybridized carbons (Fsp3) is 0.500. The summed E-state index contributed by atoms with van der Waals surface area (Å²) in [5, 5.41) is 1.01. The monoisotopic (exact) mass is 584 g/mol. The maximum Gasteiger partial charge on any atom is 0.276 e. The van der Waals surface area contributed by atoms with Crippen LogP contribution in [-0.2, 0) is 19.1 Å². The fourth-order valence-electron chi connectivity index (χ4n) is 5.20. The number of carbonyl (C=O) groups excluding carboxylic acids is 2. The van der Waals surface area contributed by atoms with Gasteiger partial charge < -0.3 is 19.3 Å². The number of rotatable bonds is 8. The molecule has 0 unspecified atom stereocenters. The number of hydrogen-bond acceptors (Lipinski definition) is 8. The third-order valence-electron chi connectivity index (χ3n) is 7.69. The molecule has 0 aliphatic carbocycles. The van der Waals surface area contributed by atoms with Crippen molar-refractivity contribution in [3.05, 3.63) is 46.8 Å². The van der Waals surface area contributed by atoms with Gasteiger partial charge in [-0.3, -0.25) is 29.2 Å². The van der Waals surface area contributed by atoms with Crippen molar-refractivity contribution in [3.8, 4) is 0 Å². The van der Waals surface area contributed by atoms with E-state index >= 15 is 0 Å². The number of thiocarbonyl (C=S) groups is 2. The van der Waals surface area contributed by atoms with Crippen molar-refractivity contribution < 1.29 is 19.1 Å². The first-order chi connectivity index (χ1) is 19.3. The lowest BCUT2D eigenvalue weighted by atomic mass is 10.1. The third kappa shape index (κ3) is 6.27. The summed E-state index contributed by atoms with van der Waals surface area (Å²) in [4.78, 5) is 38.0. The number of morpholine rings is 2. The van der Waals surface area contributed by atoms with Gasteiger partial charge in [0.05, 0.1) is 26.4 Å². The average molecular weight is 585 g/mol. The average Bonchev–Trinajstić information content (AvgIpc) is 3.30. The molecule has 10 nitrogen and oxygen atoms in total. The molecule has 1 aromatic rings. The van der Waals surface area contributed by atoms with Gasteiger partial charge in [-0.2, -0.15) is 0 Å². The van der Waals surface area contributed by atoms with E-state index in [1.165, 1.54) is 0 Å². The molecule has 2 amide bonds. The number of benzene rings is 1. The van der Waals surface area contributed by atoms with E-state index in [2.05, 4.69) is 9.80 Å². The summed E-state index contributed by atoms with van der Waals surface area (Å²) in [5.41, 5.74) is 2.76. The van der Waals surface area contributed by atoms with E-state index in [1.54, 1.807) is 19.6 Å². The number of carbonyl (C=O) groups is 2. The van der Waals surface area contributed by atoms with Crippen molar-refractivity contribution in [1.82, 2.24) is 29.4 Å². The molecule has 4 saturated heterocycles. The minimum atomic E-state index is -0.100. The molecule has 12 heteroatoms. The summed E-state index contributed by atoms with van der Waals surface area (Å²) in [6.45, 7) is 8.93. The highest BCUT2D eigenvalue weighted by molar-refractivity contribution is 7.80. The first-order valence-corrected chi connectivity index (χ1v) is 14.5. The zero-order chi connectivity index (χ0) is 28.2. The van der Waals surface area contributed by atoms with Crippen LogP contribution < -0.4 is 0 Å². The highest BCUT2D eigenvalue weighted by Gasteiger charge is 2.37. The highest BCUT2D eigenvalue weighted by atomic mass is 32.1. The number of likely N-dealkylation sites (N-methyl/N-ethyl adjacent to an activating group) is 2. The third-order valence-corrected chi connectivity index (χ3v) is 8.68. The Bertz CT molecular complexity index is 1140. The van der Waals surface area contributed by atoms with E-state index in [0.717, 1.165) is 76.8 Å². The molecule has 0 bridgehead atoms. The topological polar surface area (TPSA) is 72.0 Å². The van der Waals surface area contributed by atoms with Gasteiger partial charge in [0.1, 0.15) is 11.4 Å². The van der Waals surface area contributed by atoms with Crippen LogP contribution in [0.25, 0.3) is 12.2 Å². The Balaban J connectivity index is 1.27. The molecule has 4 heterocycles. The molecule has 0 atom stereocenters. The molecule has 214 valence electrons. The maximum absolute atomic E-state index is 13.3. The van der Waals surface area contributed by atoms with Crippen LogP contribution in [0.5, 0.6) is 0 Å². The molecule has 4 aliphatic rings. The summed E-state index contributed by atoms with van der Waals surface area (Å²) < 4.78 is 10.8. The van der Waals surface area contributed by atoms with E-state index in [-0.39, 0.29) is 11.8 Å². The fourth-order valence-corrected chi connectivity index (χ4v) is 5.75. The lowest BCUT2D eigenvalue weighted by Gasteiger charge is -2.28. The smallest absolute Gasteiger partial charge is 0.276 e. The number of ether oxygens (including phenoxy) is 2. The lowest BCUT2D eigenvalue weighted by molar-refractivity contribution is -0.123. The first kappa shape index (κ1) is 28.8. The summed E-state index contributed by atoms with van der Waals surface area (Å²) in [7, 11) is 3.65. The van der Waals surface area contributed by atoms with Gasteiger partial charge in [0.25, 0.3) is 11.8 Å². The van der Waals surface area contributed by atoms with E-state index in [4.69, 9.17) is 33.9 Å². The van der Waals surface area contributed by atoms with Gasteiger partial charge >= 0.3 is 0 Å². The van der Waals surface area contributed by atoms with Gasteiger partial charge in [0.2, 0.25) is 0 Å². The maximum atomic E-state index is 13.3. The van der Waals surface area contributed by atoms with Crippen molar-refractivity contribution in [1.29, 1.82) is 0 Å². The van der Waals surface area contributed by atoms with Crippen LogP contribution in [0.1, 0.15) is 11.1 Å². The molecule has 4 fully saturated rings. The predicted octanol–water partition coefficient (Wildman–Crippen LogP) is 1.15. The minimum absolute atomic E-state index is 0.100. The standard InChI is InChI=1S/C28H36N6O4S2/c1-29-23(25(35)33(27(29)39)8-6-31-10-14-37-15-11-31)19-21-4-3-5-22(18-21)20-24-26(36)34(28(40)30(24)2)9-7-32-12-16-38-17-13-32/h3-5,18-20H,6-17H2,1-2H3/b23-19+,24-20+. The molecule has 0 radical (unpaired) electrons. The van der Waals surface area contributed by atoms with Crippen LogP contribution in [0, 0.1) is 0 Å². The normalized spacial score (nSPS) is 23.6. The van der Waals surface area contributed by atoms with Crippen LogP contribution in [0.2, 0.25) is 0 Å². The summed E-state index contributed by atoms with van der Waals surface area (Å²) in [6, 6.07) is 7.76. The molecule has 0 aromatic heterocycles. The van der Waals surface area contributed by atoms with Gasteiger partial charge in [0, 0.05) is 66.5 Å². The summed E-state index contributed by atoms with van der Waals surface area (Å²) in [5.74, 6) is -0.201. The van der Waals surface area contributed by atoms with Crippen molar-refractivity contribution in [3.63, 3.8) is 0 Å². The van der Waals surface area contributed by atoms with Crippen molar-refractivity contribution in [2.75, 3.05) is 92.9 Å². The predicted molar refractivity (Wildman–Crippen MR) is 161 cm³/mol. The van der Waals surface area contributed by atoms with Crippen LogP contribution in [0.3, 0.4) is 0 Å². The van der Waals surface area contributed by atoms with E-state index in [0.29, 0.717) is 34.7 Å². The molecule has 0 spiro atoms. The minimum Gasteiger partial charge on any atom is -0.379 e. The van der Waals surface area contributed by atoms with Gasteiger partial charge in [-0.1, -0.05) is 18.2 Å². The van der Waals surface area contributed by atoms with Crippen molar-refractivity contribution in [2.24, 2.45) is 0 Å². The van der Waals surface area contributed by atoms with Gasteiger partial charge in [-0.05, 0) is 53.8 Å². The van der Waals surface area contributed by atoms with Crippen LogP contribution >= 0.6 is 24.4 Å². The quantitative estimate of drug-likeness (QED) is 0.328. The molecule has 1 aromatic carbocycles. The molecule has 4 aliphatic heterocycles. The van der Waals surface area contributed by atoms with Crippen LogP contribution in [-0.4, -0.2) is 144 Å². The van der Waals surface area contributed by atoms with Crippen LogP contribution in [0.4, 0.5) is 0 Å². The Hall–Kier alpha value is -2.74. The second-order valence-electron chi connectivity index (χ2n) is 10.2. The van der Waals surface area contributed by atoms with E-state index in [1.807, 2.05) is 50.5 Å². The van der Waals surface area contributed by atoms with Crippen LogP contribution in [0.15, 0.2) is 35.7 Å². The molecule has 40 heavy (non-hydrogen) atoms. The van der Waals surface area contributed by atoms with Gasteiger partial charge in [-0.15, -0.1) is 0 Å². The molecular formula is C28H36N6O4S2. The Kier molecular flexibility index (Phi) is 9.24. The highest BCUT2D eigenvalue weighted by Crippen LogP contribution is 2.25. The Labute approximate surface area is 246 Å². The van der Waals surface area contributed by atoms with Gasteiger partial charge in [0.15, 0.2) is 10.2 Å². The van der Waals surface area contributed by atoms with Gasteiger partial charge in [-0.25, -0.2) is 0 Å². The second kappa shape index (κ2) is 12.8. The lowest BCUT2D eigenvalue weighted by Crippen LogP contribution is -2.43. The Morgan fingerprint density at radius 2 is 1.10 bits per heavy atom. The van der Waals surface area contributed by atoms with E-state index in [9.17, 15) is 9.59 Å². The Morgan fingerprint density at radius 1 is 0.700 bits per heavy atom. The zero-order valence-electron chi connectivity index (χ0n) is 23.1.